The Hall–Kier alpha value is -3.20. The number of carboxylic acids is 1. The van der Waals surface area contributed by atoms with E-state index < -0.39 is 5.97 Å². The lowest BCUT2D eigenvalue weighted by Crippen LogP contribution is -2.14. The predicted molar refractivity (Wildman–Crippen MR) is 101 cm³/mol. The Morgan fingerprint density at radius 1 is 1.31 bits per heavy atom. The Bertz CT molecular complexity index is 1050. The molecule has 1 fully saturated rings. The van der Waals surface area contributed by atoms with E-state index in [-0.39, 0.29) is 30.4 Å². The lowest BCUT2D eigenvalue weighted by Gasteiger charge is -2.18. The number of aliphatic carboxylic acids is 1. The summed E-state index contributed by atoms with van der Waals surface area (Å²) in [6.07, 6.45) is 4.79. The molecule has 0 amide bonds. The third-order valence-electron chi connectivity index (χ3n) is 4.98. The van der Waals surface area contributed by atoms with Crippen LogP contribution in [0.5, 0.6) is 5.75 Å². The van der Waals surface area contributed by atoms with Gasteiger partial charge in [-0.25, -0.2) is 4.98 Å². The SMILES string of the molecule is COc1cc2nn(CC(=O)O)cc2cc1CC(=O)c1coc(C2CCOCC2)n1. The number of ether oxygens (including phenoxy) is 2. The van der Waals surface area contributed by atoms with Crippen molar-refractivity contribution in [3.05, 3.63) is 41.7 Å². The molecule has 9 heteroatoms. The number of rotatable bonds is 7. The van der Waals surface area contributed by atoms with Crippen LogP contribution >= 0.6 is 0 Å². The molecule has 9 nitrogen and oxygen atoms in total. The van der Waals surface area contributed by atoms with Crippen LogP contribution < -0.4 is 4.74 Å². The van der Waals surface area contributed by atoms with Gasteiger partial charge in [-0.1, -0.05) is 0 Å². The van der Waals surface area contributed by atoms with E-state index in [0.29, 0.717) is 35.9 Å². The molecule has 2 aromatic heterocycles. The fourth-order valence-electron chi connectivity index (χ4n) is 3.51. The molecule has 1 N–H and O–H groups in total. The maximum Gasteiger partial charge on any atom is 0.325 e. The molecule has 0 atom stereocenters. The van der Waals surface area contributed by atoms with Crippen LogP contribution in [0.15, 0.2) is 29.0 Å². The van der Waals surface area contributed by atoms with Crippen molar-refractivity contribution in [2.45, 2.75) is 31.7 Å². The molecule has 1 aliphatic heterocycles. The molecule has 0 unspecified atom stereocenters. The fourth-order valence-corrected chi connectivity index (χ4v) is 3.51. The standard InChI is InChI=1S/C20H21N3O6/c1-27-18-8-15-14(9-23(22-15)10-19(25)26)6-13(18)7-17(24)16-11-29-20(21-16)12-2-4-28-5-3-12/h6,8-9,11-12H,2-5,7,10H2,1H3,(H,25,26). The Balaban J connectivity index is 1.55. The van der Waals surface area contributed by atoms with Gasteiger partial charge in [-0.05, 0) is 18.9 Å². The van der Waals surface area contributed by atoms with Gasteiger partial charge in [0.25, 0.3) is 0 Å². The monoisotopic (exact) mass is 399 g/mol. The zero-order chi connectivity index (χ0) is 20.4. The quantitative estimate of drug-likeness (QED) is 0.602. The normalized spacial score (nSPS) is 14.9. The van der Waals surface area contributed by atoms with Crippen molar-refractivity contribution in [1.29, 1.82) is 0 Å². The zero-order valence-corrected chi connectivity index (χ0v) is 16.0. The van der Waals surface area contributed by atoms with Gasteiger partial charge in [0.1, 0.15) is 24.3 Å². The second-order valence-electron chi connectivity index (χ2n) is 7.00. The number of fused-ring (bicyclic) bond motifs is 1. The molecule has 3 aromatic rings. The summed E-state index contributed by atoms with van der Waals surface area (Å²) in [6, 6.07) is 3.49. The van der Waals surface area contributed by atoms with Crippen LogP contribution in [0.1, 0.15) is 40.7 Å². The minimum atomic E-state index is -0.980. The van der Waals surface area contributed by atoms with E-state index in [1.807, 2.05) is 0 Å². The van der Waals surface area contributed by atoms with Crippen LogP contribution in [-0.4, -0.2) is 51.9 Å². The Kier molecular flexibility index (Phi) is 5.30. The van der Waals surface area contributed by atoms with Crippen LogP contribution in [0.25, 0.3) is 10.9 Å². The molecule has 0 saturated carbocycles. The van der Waals surface area contributed by atoms with E-state index in [0.717, 1.165) is 18.2 Å². The van der Waals surface area contributed by atoms with Crippen LogP contribution in [0.4, 0.5) is 0 Å². The van der Waals surface area contributed by atoms with Crippen molar-refractivity contribution in [3.8, 4) is 5.75 Å². The molecular formula is C20H21N3O6. The van der Waals surface area contributed by atoms with Gasteiger partial charge in [0.2, 0.25) is 0 Å². The first-order valence-electron chi connectivity index (χ1n) is 9.35. The van der Waals surface area contributed by atoms with Crippen molar-refractivity contribution in [3.63, 3.8) is 0 Å². The number of carbonyl (C=O) groups is 2. The van der Waals surface area contributed by atoms with E-state index >= 15 is 0 Å². The summed E-state index contributed by atoms with van der Waals surface area (Å²) in [7, 11) is 1.52. The summed E-state index contributed by atoms with van der Waals surface area (Å²) >= 11 is 0. The second-order valence-corrected chi connectivity index (χ2v) is 7.00. The number of hydrogen-bond acceptors (Lipinski definition) is 7. The zero-order valence-electron chi connectivity index (χ0n) is 16.0. The predicted octanol–water partition coefficient (Wildman–Crippen LogP) is 2.44. The van der Waals surface area contributed by atoms with Gasteiger partial charge in [-0.15, -0.1) is 0 Å². The summed E-state index contributed by atoms with van der Waals surface area (Å²) < 4.78 is 17.6. The van der Waals surface area contributed by atoms with Gasteiger partial charge in [0, 0.05) is 48.8 Å². The van der Waals surface area contributed by atoms with E-state index in [1.165, 1.54) is 18.1 Å². The highest BCUT2D eigenvalue weighted by Crippen LogP contribution is 2.28. The Labute approximate surface area is 166 Å². The number of methoxy groups -OCH3 is 1. The third kappa shape index (κ3) is 4.14. The smallest absolute Gasteiger partial charge is 0.325 e. The van der Waals surface area contributed by atoms with E-state index in [4.69, 9.17) is 19.0 Å². The van der Waals surface area contributed by atoms with Crippen molar-refractivity contribution >= 4 is 22.7 Å². The van der Waals surface area contributed by atoms with E-state index in [9.17, 15) is 9.59 Å². The number of carboxylic acid groups (broad SMARTS) is 1. The molecule has 152 valence electrons. The van der Waals surface area contributed by atoms with Crippen molar-refractivity contribution < 1.29 is 28.6 Å². The highest BCUT2D eigenvalue weighted by molar-refractivity contribution is 5.96. The molecule has 0 aliphatic carbocycles. The maximum atomic E-state index is 12.8. The molecule has 3 heterocycles. The average molecular weight is 399 g/mol. The largest absolute Gasteiger partial charge is 0.496 e. The van der Waals surface area contributed by atoms with Crippen LogP contribution in [0.2, 0.25) is 0 Å². The number of benzene rings is 1. The van der Waals surface area contributed by atoms with Crippen LogP contribution in [0, 0.1) is 0 Å². The lowest BCUT2D eigenvalue weighted by molar-refractivity contribution is -0.137. The summed E-state index contributed by atoms with van der Waals surface area (Å²) in [5.74, 6) is 0.110. The van der Waals surface area contributed by atoms with E-state index in [2.05, 4.69) is 10.1 Å². The number of hydrogen-bond donors (Lipinski definition) is 1. The summed E-state index contributed by atoms with van der Waals surface area (Å²) in [6.45, 7) is 1.10. The van der Waals surface area contributed by atoms with Gasteiger partial charge in [-0.3, -0.25) is 14.3 Å². The van der Waals surface area contributed by atoms with Gasteiger partial charge >= 0.3 is 5.97 Å². The molecular weight excluding hydrogens is 378 g/mol. The van der Waals surface area contributed by atoms with Gasteiger partial charge in [-0.2, -0.15) is 5.10 Å². The topological polar surface area (TPSA) is 117 Å². The minimum absolute atomic E-state index is 0.0863. The lowest BCUT2D eigenvalue weighted by atomic mass is 10.0. The highest BCUT2D eigenvalue weighted by atomic mass is 16.5. The number of oxazole rings is 1. The molecule has 0 radical (unpaired) electrons. The molecule has 0 spiro atoms. The summed E-state index contributed by atoms with van der Waals surface area (Å²) in [4.78, 5) is 28.1. The van der Waals surface area contributed by atoms with E-state index in [1.54, 1.807) is 18.3 Å². The van der Waals surface area contributed by atoms with Crippen LogP contribution in [-0.2, 0) is 22.5 Å². The average Bonchev–Trinajstić information content (AvgIpc) is 3.34. The number of Topliss-reactive ketones (excluding diaryl/α,β-unsaturated/α-hetero) is 1. The maximum absolute atomic E-state index is 12.8. The molecule has 29 heavy (non-hydrogen) atoms. The first kappa shape index (κ1) is 19.1. The number of ketones is 1. The fraction of sp³-hybridized carbons (Fsp3) is 0.400. The molecule has 0 bridgehead atoms. The number of carbonyl (C=O) groups excluding carboxylic acids is 1. The summed E-state index contributed by atoms with van der Waals surface area (Å²) in [5, 5.41) is 13.9. The van der Waals surface area contributed by atoms with Crippen molar-refractivity contribution in [2.75, 3.05) is 20.3 Å². The molecule has 4 rings (SSSR count). The number of aromatic nitrogens is 3. The first-order valence-corrected chi connectivity index (χ1v) is 9.35. The molecule has 1 aromatic carbocycles. The minimum Gasteiger partial charge on any atom is -0.496 e. The summed E-state index contributed by atoms with van der Waals surface area (Å²) in [5.41, 5.74) is 1.56. The Morgan fingerprint density at radius 2 is 2.10 bits per heavy atom. The van der Waals surface area contributed by atoms with Crippen molar-refractivity contribution in [2.24, 2.45) is 0 Å². The highest BCUT2D eigenvalue weighted by Gasteiger charge is 2.23. The van der Waals surface area contributed by atoms with Gasteiger partial charge in [0.05, 0.1) is 12.6 Å². The number of nitrogens with zero attached hydrogens (tertiary/aromatic N) is 3. The third-order valence-corrected chi connectivity index (χ3v) is 4.98. The molecule has 1 saturated heterocycles. The Morgan fingerprint density at radius 3 is 2.83 bits per heavy atom. The van der Waals surface area contributed by atoms with Gasteiger partial charge in [0.15, 0.2) is 11.7 Å². The second kappa shape index (κ2) is 8.04. The van der Waals surface area contributed by atoms with Gasteiger partial charge < -0.3 is 19.0 Å². The first-order chi connectivity index (χ1) is 14.0. The molecule has 1 aliphatic rings. The van der Waals surface area contributed by atoms with Crippen LogP contribution in [0.3, 0.4) is 0 Å². The van der Waals surface area contributed by atoms with Crippen molar-refractivity contribution in [1.82, 2.24) is 14.8 Å².